The lowest BCUT2D eigenvalue weighted by Gasteiger charge is -2.18. The SMILES string of the molecule is CC/C=C\C/C=C\C/C=C\C/C=C\CCCCC(=O)OC(COC(=O)CCCCCCC/C=C\CCCCC)COC(=O)CCCCCCCCCCCCCC/C=C\C/C=C\C/C=C\CCCCCCC. The Bertz CT molecular complexity index is 1430. The second-order valence-electron chi connectivity index (χ2n) is 19.9. The van der Waals surface area contributed by atoms with E-state index in [1.165, 1.54) is 135 Å². The molecule has 72 heavy (non-hydrogen) atoms. The van der Waals surface area contributed by atoms with Crippen LogP contribution in [0.5, 0.6) is 0 Å². The molecule has 0 aromatic rings. The van der Waals surface area contributed by atoms with Crippen molar-refractivity contribution in [3.05, 3.63) is 97.2 Å². The van der Waals surface area contributed by atoms with Crippen LogP contribution < -0.4 is 0 Å². The summed E-state index contributed by atoms with van der Waals surface area (Å²) in [7, 11) is 0. The Kier molecular flexibility index (Phi) is 56.8. The number of carbonyl (C=O) groups is 3. The van der Waals surface area contributed by atoms with Crippen molar-refractivity contribution in [3.8, 4) is 0 Å². The van der Waals surface area contributed by atoms with Gasteiger partial charge in [-0.15, -0.1) is 0 Å². The van der Waals surface area contributed by atoms with Crippen LogP contribution in [-0.2, 0) is 28.6 Å². The molecule has 1 atom stereocenters. The third-order valence-electron chi connectivity index (χ3n) is 12.8. The average Bonchev–Trinajstić information content (AvgIpc) is 3.38. The summed E-state index contributed by atoms with van der Waals surface area (Å²) < 4.78 is 16.8. The van der Waals surface area contributed by atoms with E-state index in [0.29, 0.717) is 19.3 Å². The van der Waals surface area contributed by atoms with Crippen LogP contribution in [0.4, 0.5) is 0 Å². The third kappa shape index (κ3) is 57.2. The largest absolute Gasteiger partial charge is 0.462 e. The van der Waals surface area contributed by atoms with Gasteiger partial charge in [0.15, 0.2) is 6.10 Å². The van der Waals surface area contributed by atoms with Gasteiger partial charge in [0.05, 0.1) is 0 Å². The maximum Gasteiger partial charge on any atom is 0.306 e. The molecule has 6 nitrogen and oxygen atoms in total. The van der Waals surface area contributed by atoms with Crippen molar-refractivity contribution in [1.29, 1.82) is 0 Å². The Morgan fingerprint density at radius 3 is 0.917 bits per heavy atom. The summed E-state index contributed by atoms with van der Waals surface area (Å²) in [5.74, 6) is -0.947. The van der Waals surface area contributed by atoms with E-state index in [9.17, 15) is 14.4 Å². The van der Waals surface area contributed by atoms with Crippen molar-refractivity contribution in [1.82, 2.24) is 0 Å². The molecule has 0 bridgehead atoms. The lowest BCUT2D eigenvalue weighted by molar-refractivity contribution is -0.167. The van der Waals surface area contributed by atoms with Gasteiger partial charge in [-0.2, -0.15) is 0 Å². The van der Waals surface area contributed by atoms with Gasteiger partial charge in [-0.25, -0.2) is 0 Å². The highest BCUT2D eigenvalue weighted by Gasteiger charge is 2.19. The maximum atomic E-state index is 12.8. The molecule has 0 radical (unpaired) electrons. The van der Waals surface area contributed by atoms with E-state index in [0.717, 1.165) is 103 Å². The van der Waals surface area contributed by atoms with E-state index in [1.807, 2.05) is 0 Å². The Morgan fingerprint density at radius 2 is 0.542 bits per heavy atom. The molecule has 0 heterocycles. The molecule has 0 saturated carbocycles. The molecule has 6 heteroatoms. The zero-order valence-electron chi connectivity index (χ0n) is 47.2. The molecule has 1 unspecified atom stereocenters. The van der Waals surface area contributed by atoms with Crippen LogP contribution in [0.2, 0.25) is 0 Å². The second-order valence-corrected chi connectivity index (χ2v) is 19.9. The smallest absolute Gasteiger partial charge is 0.306 e. The van der Waals surface area contributed by atoms with E-state index in [1.54, 1.807) is 0 Å². The minimum atomic E-state index is -0.804. The topological polar surface area (TPSA) is 78.9 Å². The molecule has 0 spiro atoms. The highest BCUT2D eigenvalue weighted by molar-refractivity contribution is 5.71. The van der Waals surface area contributed by atoms with Crippen molar-refractivity contribution in [2.24, 2.45) is 0 Å². The zero-order chi connectivity index (χ0) is 52.2. The number of carbonyl (C=O) groups excluding carboxylic acids is 3. The third-order valence-corrected chi connectivity index (χ3v) is 12.8. The summed E-state index contributed by atoms with van der Waals surface area (Å²) in [6.07, 6.45) is 79.9. The molecule has 0 amide bonds. The van der Waals surface area contributed by atoms with Crippen molar-refractivity contribution >= 4 is 17.9 Å². The van der Waals surface area contributed by atoms with Gasteiger partial charge < -0.3 is 14.2 Å². The first-order valence-electron chi connectivity index (χ1n) is 30.2. The van der Waals surface area contributed by atoms with Gasteiger partial charge in [0.2, 0.25) is 0 Å². The van der Waals surface area contributed by atoms with Gasteiger partial charge in [-0.05, 0) is 122 Å². The summed E-state index contributed by atoms with van der Waals surface area (Å²) in [6, 6.07) is 0. The fraction of sp³-hybridized carbons (Fsp3) is 0.712. The first-order valence-corrected chi connectivity index (χ1v) is 30.2. The summed E-state index contributed by atoms with van der Waals surface area (Å²) >= 11 is 0. The van der Waals surface area contributed by atoms with Gasteiger partial charge in [0.25, 0.3) is 0 Å². The molecular formula is C66H112O6. The molecule has 0 aromatic carbocycles. The number of unbranched alkanes of at least 4 members (excludes halogenated alkanes) is 27. The van der Waals surface area contributed by atoms with Gasteiger partial charge in [0, 0.05) is 19.3 Å². The van der Waals surface area contributed by atoms with E-state index in [-0.39, 0.29) is 37.5 Å². The molecule has 0 N–H and O–H groups in total. The number of allylic oxidation sites excluding steroid dienone is 16. The van der Waals surface area contributed by atoms with Crippen LogP contribution in [0.15, 0.2) is 97.2 Å². The van der Waals surface area contributed by atoms with Crippen LogP contribution in [0.25, 0.3) is 0 Å². The summed E-state index contributed by atoms with van der Waals surface area (Å²) in [5, 5.41) is 0. The lowest BCUT2D eigenvalue weighted by atomic mass is 10.0. The van der Waals surface area contributed by atoms with Gasteiger partial charge >= 0.3 is 17.9 Å². The highest BCUT2D eigenvalue weighted by Crippen LogP contribution is 2.15. The minimum absolute atomic E-state index is 0.0977. The molecular weight excluding hydrogens is 889 g/mol. The molecule has 0 aliphatic rings. The van der Waals surface area contributed by atoms with Crippen molar-refractivity contribution in [3.63, 3.8) is 0 Å². The first-order chi connectivity index (χ1) is 35.5. The Balaban J connectivity index is 4.29. The number of hydrogen-bond donors (Lipinski definition) is 0. The maximum absolute atomic E-state index is 12.8. The Hall–Kier alpha value is -3.67. The van der Waals surface area contributed by atoms with E-state index < -0.39 is 6.10 Å². The first kappa shape index (κ1) is 68.3. The van der Waals surface area contributed by atoms with Crippen molar-refractivity contribution in [2.45, 2.75) is 290 Å². The van der Waals surface area contributed by atoms with Crippen molar-refractivity contribution in [2.75, 3.05) is 13.2 Å². The van der Waals surface area contributed by atoms with Gasteiger partial charge in [-0.1, -0.05) is 240 Å². The predicted molar refractivity (Wildman–Crippen MR) is 311 cm³/mol. The Morgan fingerprint density at radius 1 is 0.292 bits per heavy atom. The monoisotopic (exact) mass is 1000 g/mol. The minimum Gasteiger partial charge on any atom is -0.462 e. The molecule has 0 saturated heterocycles. The standard InChI is InChI=1S/C66H112O6/c1-4-7-10-13-16-19-22-25-27-28-29-30-31-32-33-34-35-36-37-38-40-41-44-47-50-53-56-59-65(68)71-62-63(61-70-64(67)58-55-52-49-46-43-24-21-18-15-12-9-6-3)72-66(69)60-57-54-51-48-45-42-39-26-23-20-17-14-11-8-5-2/h8,11,17-18,20-22,25-26,28-29,31-32,39,45,48,63H,4-7,9-10,12-16,19,23-24,27,30,33-38,40-44,46-47,49-62H2,1-3H3/b11-8-,20-17-,21-18-,25-22-,29-28-,32-31-,39-26-,48-45-. The van der Waals surface area contributed by atoms with Crippen LogP contribution in [0.3, 0.4) is 0 Å². The van der Waals surface area contributed by atoms with Crippen LogP contribution in [-0.4, -0.2) is 37.2 Å². The second kappa shape index (κ2) is 59.9. The van der Waals surface area contributed by atoms with Crippen LogP contribution >= 0.6 is 0 Å². The number of esters is 3. The van der Waals surface area contributed by atoms with Crippen LogP contribution in [0, 0.1) is 0 Å². The fourth-order valence-electron chi connectivity index (χ4n) is 8.26. The zero-order valence-corrected chi connectivity index (χ0v) is 47.2. The fourth-order valence-corrected chi connectivity index (χ4v) is 8.26. The van der Waals surface area contributed by atoms with Gasteiger partial charge in [-0.3, -0.25) is 14.4 Å². The predicted octanol–water partition coefficient (Wildman–Crippen LogP) is 20.5. The lowest BCUT2D eigenvalue weighted by Crippen LogP contribution is -2.30. The molecule has 0 aromatic heterocycles. The van der Waals surface area contributed by atoms with Crippen LogP contribution in [0.1, 0.15) is 284 Å². The summed E-state index contributed by atoms with van der Waals surface area (Å²) in [5.41, 5.74) is 0. The summed E-state index contributed by atoms with van der Waals surface area (Å²) in [4.78, 5) is 38.1. The molecule has 412 valence electrons. The summed E-state index contributed by atoms with van der Waals surface area (Å²) in [6.45, 7) is 6.45. The number of ether oxygens (including phenoxy) is 3. The van der Waals surface area contributed by atoms with E-state index in [2.05, 4.69) is 118 Å². The normalized spacial score (nSPS) is 12.8. The van der Waals surface area contributed by atoms with Crippen molar-refractivity contribution < 1.29 is 28.6 Å². The quantitative estimate of drug-likeness (QED) is 0.0261. The highest BCUT2D eigenvalue weighted by atomic mass is 16.6. The molecule has 0 rings (SSSR count). The van der Waals surface area contributed by atoms with E-state index >= 15 is 0 Å². The Labute approximate surface area is 445 Å². The number of hydrogen-bond acceptors (Lipinski definition) is 6. The molecule has 0 aliphatic carbocycles. The molecule has 0 aliphatic heterocycles. The number of rotatable bonds is 54. The molecule has 0 fully saturated rings. The average molecular weight is 1000 g/mol. The van der Waals surface area contributed by atoms with Gasteiger partial charge in [0.1, 0.15) is 13.2 Å². The van der Waals surface area contributed by atoms with E-state index in [4.69, 9.17) is 14.2 Å².